The van der Waals surface area contributed by atoms with Gasteiger partial charge in [-0.1, -0.05) is 5.16 Å². The highest BCUT2D eigenvalue weighted by atomic mass is 16.6. The number of allylic oxidation sites excluding steroid dienone is 1. The molecule has 0 saturated heterocycles. The van der Waals surface area contributed by atoms with Crippen LogP contribution in [-0.2, 0) is 19.2 Å². The maximum Gasteiger partial charge on any atom is 0.364 e. The molecule has 6 nitrogen and oxygen atoms in total. The molecular formula is C9H14N2O4. The lowest BCUT2D eigenvalue weighted by Crippen LogP contribution is -2.24. The van der Waals surface area contributed by atoms with Crippen LogP contribution in [0.4, 0.5) is 0 Å². The zero-order valence-corrected chi connectivity index (χ0v) is 9.18. The first kappa shape index (κ1) is 13.2. The molecule has 0 aliphatic heterocycles. The summed E-state index contributed by atoms with van der Waals surface area (Å²) in [5.41, 5.74) is -0.391. The predicted octanol–water partition coefficient (Wildman–Crippen LogP) is -0.194. The van der Waals surface area contributed by atoms with Gasteiger partial charge in [-0.2, -0.15) is 0 Å². The molecule has 0 spiro atoms. The quantitative estimate of drug-likeness (QED) is 0.208. The van der Waals surface area contributed by atoms with Crippen LogP contribution in [0.5, 0.6) is 0 Å². The molecule has 0 fully saturated rings. The molecule has 0 unspecified atom stereocenters. The van der Waals surface area contributed by atoms with Crippen LogP contribution >= 0.6 is 0 Å². The summed E-state index contributed by atoms with van der Waals surface area (Å²) in [6, 6.07) is 0. The highest BCUT2D eigenvalue weighted by molar-refractivity contribution is 6.66. The van der Waals surface area contributed by atoms with E-state index in [0.717, 1.165) is 7.11 Å². The third-order valence-electron chi connectivity index (χ3n) is 1.32. The first-order chi connectivity index (χ1) is 7.02. The third kappa shape index (κ3) is 4.80. The van der Waals surface area contributed by atoms with Crippen LogP contribution in [-0.4, -0.2) is 50.7 Å². The Balaban J connectivity index is 4.73. The van der Waals surface area contributed by atoms with E-state index in [1.54, 1.807) is 19.0 Å². The van der Waals surface area contributed by atoms with Crippen molar-refractivity contribution in [3.05, 3.63) is 12.3 Å². The van der Waals surface area contributed by atoms with E-state index in [-0.39, 0.29) is 0 Å². The molecule has 0 saturated carbocycles. The van der Waals surface area contributed by atoms with Crippen LogP contribution in [0, 0.1) is 0 Å². The standard InChI is InChI=1S/C9H14N2O4/c1-11(2)6-5-7(12)8(10-15-4)9(13)14-3/h5-6H,1-4H3/b6-5+,10-8-. The van der Waals surface area contributed by atoms with Gasteiger partial charge in [0.2, 0.25) is 11.5 Å². The van der Waals surface area contributed by atoms with E-state index in [1.807, 2.05) is 0 Å². The van der Waals surface area contributed by atoms with Crippen LogP contribution in [0.2, 0.25) is 0 Å². The number of ketones is 1. The minimum Gasteiger partial charge on any atom is -0.464 e. The molecular weight excluding hydrogens is 200 g/mol. The molecule has 0 heterocycles. The first-order valence-electron chi connectivity index (χ1n) is 4.11. The number of methoxy groups -OCH3 is 1. The van der Waals surface area contributed by atoms with Crippen molar-refractivity contribution in [2.75, 3.05) is 28.3 Å². The Hall–Kier alpha value is -1.85. The molecule has 6 heteroatoms. The van der Waals surface area contributed by atoms with Gasteiger partial charge in [0.15, 0.2) is 0 Å². The van der Waals surface area contributed by atoms with Crippen molar-refractivity contribution in [1.82, 2.24) is 4.90 Å². The lowest BCUT2D eigenvalue weighted by molar-refractivity contribution is -0.133. The van der Waals surface area contributed by atoms with Gasteiger partial charge in [-0.05, 0) is 0 Å². The van der Waals surface area contributed by atoms with Crippen molar-refractivity contribution >= 4 is 17.5 Å². The lowest BCUT2D eigenvalue weighted by Gasteiger charge is -2.03. The Morgan fingerprint density at radius 2 is 1.87 bits per heavy atom. The highest BCUT2D eigenvalue weighted by Crippen LogP contribution is 1.91. The fourth-order valence-corrected chi connectivity index (χ4v) is 0.667. The molecule has 0 aromatic rings. The summed E-state index contributed by atoms with van der Waals surface area (Å²) in [7, 11) is 5.90. The second kappa shape index (κ2) is 6.58. The molecule has 84 valence electrons. The van der Waals surface area contributed by atoms with E-state index in [4.69, 9.17) is 0 Å². The fraction of sp³-hybridized carbons (Fsp3) is 0.444. The van der Waals surface area contributed by atoms with E-state index in [0.29, 0.717) is 0 Å². The van der Waals surface area contributed by atoms with Crippen LogP contribution in [0.3, 0.4) is 0 Å². The topological polar surface area (TPSA) is 68.2 Å². The largest absolute Gasteiger partial charge is 0.464 e. The normalized spacial score (nSPS) is 11.3. The minimum absolute atomic E-state index is 0.391. The zero-order valence-electron chi connectivity index (χ0n) is 9.18. The number of ether oxygens (including phenoxy) is 1. The van der Waals surface area contributed by atoms with Gasteiger partial charge in [0, 0.05) is 26.4 Å². The number of rotatable bonds is 5. The molecule has 0 radical (unpaired) electrons. The second-order valence-corrected chi connectivity index (χ2v) is 2.76. The summed E-state index contributed by atoms with van der Waals surface area (Å²) in [5.74, 6) is -1.40. The molecule has 0 aromatic heterocycles. The Morgan fingerprint density at radius 1 is 1.27 bits per heavy atom. The number of esters is 1. The molecule has 0 aliphatic carbocycles. The zero-order chi connectivity index (χ0) is 11.8. The molecule has 0 atom stereocenters. The van der Waals surface area contributed by atoms with Gasteiger partial charge in [-0.15, -0.1) is 0 Å². The Kier molecular flexibility index (Phi) is 5.77. The Labute approximate surface area is 88.1 Å². The van der Waals surface area contributed by atoms with Crippen LogP contribution in [0.1, 0.15) is 0 Å². The first-order valence-corrected chi connectivity index (χ1v) is 4.11. The van der Waals surface area contributed by atoms with Gasteiger partial charge >= 0.3 is 5.97 Å². The average Bonchev–Trinajstić information content (AvgIpc) is 2.21. The van der Waals surface area contributed by atoms with Gasteiger partial charge < -0.3 is 14.5 Å². The highest BCUT2D eigenvalue weighted by Gasteiger charge is 2.19. The molecule has 0 bridgehead atoms. The number of hydrogen-bond acceptors (Lipinski definition) is 6. The Morgan fingerprint density at radius 3 is 2.27 bits per heavy atom. The van der Waals surface area contributed by atoms with Crippen LogP contribution in [0.15, 0.2) is 17.4 Å². The molecule has 0 amide bonds. The van der Waals surface area contributed by atoms with Gasteiger partial charge in [0.05, 0.1) is 7.11 Å². The van der Waals surface area contributed by atoms with Crippen molar-refractivity contribution in [3.63, 3.8) is 0 Å². The number of hydrogen-bond donors (Lipinski definition) is 0. The van der Waals surface area contributed by atoms with Gasteiger partial charge in [0.1, 0.15) is 7.11 Å². The summed E-state index contributed by atoms with van der Waals surface area (Å²) in [4.78, 5) is 28.5. The number of oxime groups is 1. The summed E-state index contributed by atoms with van der Waals surface area (Å²) < 4.78 is 4.37. The number of carbonyl (C=O) groups is 2. The average molecular weight is 214 g/mol. The van der Waals surface area contributed by atoms with E-state index in [9.17, 15) is 9.59 Å². The lowest BCUT2D eigenvalue weighted by atomic mass is 10.2. The third-order valence-corrected chi connectivity index (χ3v) is 1.32. The van der Waals surface area contributed by atoms with Crippen molar-refractivity contribution in [1.29, 1.82) is 0 Å². The van der Waals surface area contributed by atoms with Crippen molar-refractivity contribution < 1.29 is 19.2 Å². The summed E-state index contributed by atoms with van der Waals surface area (Å²) in [6.07, 6.45) is 2.70. The molecule has 0 rings (SSSR count). The predicted molar refractivity (Wildman–Crippen MR) is 54.3 cm³/mol. The van der Waals surface area contributed by atoms with Gasteiger partial charge in [-0.25, -0.2) is 4.79 Å². The van der Waals surface area contributed by atoms with Gasteiger partial charge in [0.25, 0.3) is 0 Å². The number of carbonyl (C=O) groups excluding carboxylic acids is 2. The van der Waals surface area contributed by atoms with E-state index in [1.165, 1.54) is 19.4 Å². The molecule has 0 N–H and O–H groups in total. The Bertz CT molecular complexity index is 294. The maximum atomic E-state index is 11.4. The maximum absolute atomic E-state index is 11.4. The summed E-state index contributed by atoms with van der Waals surface area (Å²) >= 11 is 0. The van der Waals surface area contributed by atoms with Crippen LogP contribution in [0.25, 0.3) is 0 Å². The smallest absolute Gasteiger partial charge is 0.364 e. The summed E-state index contributed by atoms with van der Waals surface area (Å²) in [6.45, 7) is 0. The minimum atomic E-state index is -0.828. The van der Waals surface area contributed by atoms with Crippen molar-refractivity contribution in [2.24, 2.45) is 5.16 Å². The molecule has 15 heavy (non-hydrogen) atoms. The van der Waals surface area contributed by atoms with E-state index >= 15 is 0 Å². The SMILES string of the molecule is CO/N=C(/C(=O)/C=C/N(C)C)C(=O)OC. The van der Waals surface area contributed by atoms with E-state index < -0.39 is 17.5 Å². The van der Waals surface area contributed by atoms with Gasteiger partial charge in [-0.3, -0.25) is 4.79 Å². The van der Waals surface area contributed by atoms with Crippen molar-refractivity contribution in [3.8, 4) is 0 Å². The summed E-state index contributed by atoms with van der Waals surface area (Å²) in [5, 5.41) is 3.30. The second-order valence-electron chi connectivity index (χ2n) is 2.76. The number of nitrogens with zero attached hydrogens (tertiary/aromatic N) is 2. The van der Waals surface area contributed by atoms with Crippen LogP contribution < -0.4 is 0 Å². The fourth-order valence-electron chi connectivity index (χ4n) is 0.667. The monoisotopic (exact) mass is 214 g/mol. The molecule has 0 aromatic carbocycles. The van der Waals surface area contributed by atoms with Crippen molar-refractivity contribution in [2.45, 2.75) is 0 Å². The molecule has 0 aliphatic rings. The van der Waals surface area contributed by atoms with E-state index in [2.05, 4.69) is 14.7 Å².